The largest absolute Gasteiger partial charge is 0.508 e. The molecular weight excluding hydrogens is 212 g/mol. The minimum atomic E-state index is 0.266. The molecule has 0 aliphatic carbocycles. The molecule has 0 aliphatic rings. The molecule has 0 saturated carbocycles. The molecule has 2 aromatic carbocycles. The molecular formula is C15H14O2. The smallest absolute Gasteiger partial charge is 0.118 e. The fourth-order valence-electron chi connectivity index (χ4n) is 1.56. The molecule has 0 amide bonds. The van der Waals surface area contributed by atoms with Gasteiger partial charge in [0.25, 0.3) is 0 Å². The van der Waals surface area contributed by atoms with Crippen molar-refractivity contribution in [3.63, 3.8) is 0 Å². The monoisotopic (exact) mass is 226 g/mol. The summed E-state index contributed by atoms with van der Waals surface area (Å²) in [4.78, 5) is 0. The van der Waals surface area contributed by atoms with Gasteiger partial charge in [0.1, 0.15) is 11.5 Å². The summed E-state index contributed by atoms with van der Waals surface area (Å²) in [5.74, 6) is 0.578. The first-order valence-electron chi connectivity index (χ1n) is 5.42. The number of phenolic OH excluding ortho intramolecular Hbond substituents is 2. The van der Waals surface area contributed by atoms with E-state index in [0.717, 1.165) is 16.7 Å². The van der Waals surface area contributed by atoms with Gasteiger partial charge in [-0.25, -0.2) is 0 Å². The zero-order chi connectivity index (χ0) is 12.3. The van der Waals surface area contributed by atoms with Gasteiger partial charge in [0.05, 0.1) is 0 Å². The Morgan fingerprint density at radius 1 is 0.824 bits per heavy atom. The molecule has 0 atom stereocenters. The quantitative estimate of drug-likeness (QED) is 0.768. The van der Waals surface area contributed by atoms with Gasteiger partial charge in [0.2, 0.25) is 0 Å². The van der Waals surface area contributed by atoms with E-state index < -0.39 is 0 Å². The molecule has 0 bridgehead atoms. The van der Waals surface area contributed by atoms with Crippen LogP contribution in [0.1, 0.15) is 16.7 Å². The van der Waals surface area contributed by atoms with E-state index in [0.29, 0.717) is 5.75 Å². The van der Waals surface area contributed by atoms with Crippen molar-refractivity contribution < 1.29 is 10.2 Å². The summed E-state index contributed by atoms with van der Waals surface area (Å²) in [5, 5.41) is 18.6. The normalized spacial score (nSPS) is 10.9. The highest BCUT2D eigenvalue weighted by atomic mass is 16.3. The second-order valence-corrected chi connectivity index (χ2v) is 3.97. The maximum Gasteiger partial charge on any atom is 0.118 e. The van der Waals surface area contributed by atoms with Gasteiger partial charge in [-0.1, -0.05) is 30.4 Å². The molecule has 0 heterocycles. The number of aryl methyl sites for hydroxylation is 1. The van der Waals surface area contributed by atoms with Crippen molar-refractivity contribution in [1.82, 2.24) is 0 Å². The maximum absolute atomic E-state index is 9.41. The van der Waals surface area contributed by atoms with E-state index in [4.69, 9.17) is 5.11 Å². The summed E-state index contributed by atoms with van der Waals surface area (Å²) < 4.78 is 0. The Bertz CT molecular complexity index is 539. The molecule has 0 aromatic heterocycles. The average molecular weight is 226 g/mol. The zero-order valence-electron chi connectivity index (χ0n) is 9.59. The van der Waals surface area contributed by atoms with Gasteiger partial charge in [-0.15, -0.1) is 0 Å². The molecule has 0 spiro atoms. The molecule has 17 heavy (non-hydrogen) atoms. The van der Waals surface area contributed by atoms with Crippen LogP contribution in [-0.2, 0) is 0 Å². The van der Waals surface area contributed by atoms with E-state index in [1.54, 1.807) is 18.2 Å². The van der Waals surface area contributed by atoms with E-state index in [1.807, 2.05) is 43.3 Å². The van der Waals surface area contributed by atoms with Crippen molar-refractivity contribution in [1.29, 1.82) is 0 Å². The molecule has 2 rings (SSSR count). The standard InChI is InChI=1S/C15H14O2/c1-11-10-13(6-9-15(11)17)3-2-12-4-7-14(16)8-5-12/h2-10,16-17H,1H3. The molecule has 2 aromatic rings. The number of hydrogen-bond donors (Lipinski definition) is 2. The van der Waals surface area contributed by atoms with E-state index in [9.17, 15) is 5.11 Å². The Balaban J connectivity index is 2.20. The van der Waals surface area contributed by atoms with Crippen molar-refractivity contribution in [3.05, 3.63) is 59.2 Å². The Kier molecular flexibility index (Phi) is 3.15. The van der Waals surface area contributed by atoms with Gasteiger partial charge in [-0.3, -0.25) is 0 Å². The Morgan fingerprint density at radius 3 is 2.06 bits per heavy atom. The van der Waals surface area contributed by atoms with Crippen molar-refractivity contribution >= 4 is 12.2 Å². The first kappa shape index (κ1) is 11.3. The lowest BCUT2D eigenvalue weighted by atomic mass is 10.1. The van der Waals surface area contributed by atoms with Crippen molar-refractivity contribution in [2.45, 2.75) is 6.92 Å². The molecule has 0 aliphatic heterocycles. The molecule has 2 nitrogen and oxygen atoms in total. The van der Waals surface area contributed by atoms with Crippen molar-refractivity contribution in [2.75, 3.05) is 0 Å². The summed E-state index contributed by atoms with van der Waals surface area (Å²) in [6.45, 7) is 1.87. The van der Waals surface area contributed by atoms with Crippen molar-refractivity contribution in [3.8, 4) is 11.5 Å². The number of phenols is 2. The van der Waals surface area contributed by atoms with Crippen LogP contribution in [0.15, 0.2) is 42.5 Å². The fraction of sp³-hybridized carbons (Fsp3) is 0.0667. The molecule has 2 heteroatoms. The molecule has 2 N–H and O–H groups in total. The van der Waals surface area contributed by atoms with Crippen LogP contribution >= 0.6 is 0 Å². The van der Waals surface area contributed by atoms with Gasteiger partial charge in [0.15, 0.2) is 0 Å². The van der Waals surface area contributed by atoms with E-state index in [2.05, 4.69) is 0 Å². The van der Waals surface area contributed by atoms with Crippen LogP contribution in [0.2, 0.25) is 0 Å². The van der Waals surface area contributed by atoms with E-state index in [1.165, 1.54) is 0 Å². The predicted octanol–water partition coefficient (Wildman–Crippen LogP) is 3.58. The molecule has 86 valence electrons. The van der Waals surface area contributed by atoms with Gasteiger partial charge < -0.3 is 10.2 Å². The second kappa shape index (κ2) is 4.74. The third-order valence-corrected chi connectivity index (χ3v) is 2.58. The first-order chi connectivity index (χ1) is 8.15. The summed E-state index contributed by atoms with van der Waals surface area (Å²) in [7, 11) is 0. The van der Waals surface area contributed by atoms with Crippen LogP contribution in [-0.4, -0.2) is 10.2 Å². The highest BCUT2D eigenvalue weighted by Crippen LogP contribution is 2.19. The average Bonchev–Trinajstić information content (AvgIpc) is 2.33. The predicted molar refractivity (Wildman–Crippen MR) is 69.9 cm³/mol. The van der Waals surface area contributed by atoms with Gasteiger partial charge in [-0.2, -0.15) is 0 Å². The van der Waals surface area contributed by atoms with Crippen LogP contribution < -0.4 is 0 Å². The molecule has 0 radical (unpaired) electrons. The van der Waals surface area contributed by atoms with Crippen LogP contribution in [0, 0.1) is 6.92 Å². The summed E-state index contributed by atoms with van der Waals surface area (Å²) in [5.41, 5.74) is 2.92. The van der Waals surface area contributed by atoms with E-state index >= 15 is 0 Å². The zero-order valence-corrected chi connectivity index (χ0v) is 9.59. The number of hydrogen-bond acceptors (Lipinski definition) is 2. The van der Waals surface area contributed by atoms with Crippen LogP contribution in [0.4, 0.5) is 0 Å². The lowest BCUT2D eigenvalue weighted by molar-refractivity contribution is 0.471. The Labute approximate surface area is 100 Å². The summed E-state index contributed by atoms with van der Waals surface area (Å²) in [6, 6.07) is 12.5. The minimum Gasteiger partial charge on any atom is -0.508 e. The molecule has 0 saturated heterocycles. The Morgan fingerprint density at radius 2 is 1.41 bits per heavy atom. The van der Waals surface area contributed by atoms with Crippen LogP contribution in [0.3, 0.4) is 0 Å². The second-order valence-electron chi connectivity index (χ2n) is 3.97. The van der Waals surface area contributed by atoms with Gasteiger partial charge >= 0.3 is 0 Å². The fourth-order valence-corrected chi connectivity index (χ4v) is 1.56. The highest BCUT2D eigenvalue weighted by molar-refractivity contribution is 5.70. The third kappa shape index (κ3) is 2.88. The lowest BCUT2D eigenvalue weighted by Crippen LogP contribution is -1.77. The number of rotatable bonds is 2. The molecule has 0 unspecified atom stereocenters. The lowest BCUT2D eigenvalue weighted by Gasteiger charge is -2.00. The minimum absolute atomic E-state index is 0.266. The number of aromatic hydroxyl groups is 2. The summed E-state index contributed by atoms with van der Waals surface area (Å²) >= 11 is 0. The van der Waals surface area contributed by atoms with Crippen LogP contribution in [0.5, 0.6) is 11.5 Å². The third-order valence-electron chi connectivity index (χ3n) is 2.58. The Hall–Kier alpha value is -2.22. The van der Waals surface area contributed by atoms with Gasteiger partial charge in [-0.05, 0) is 47.9 Å². The van der Waals surface area contributed by atoms with Crippen molar-refractivity contribution in [2.24, 2.45) is 0 Å². The SMILES string of the molecule is Cc1cc(C=Cc2ccc(O)cc2)ccc1O. The van der Waals surface area contributed by atoms with E-state index in [-0.39, 0.29) is 5.75 Å². The first-order valence-corrected chi connectivity index (χ1v) is 5.42. The molecule has 0 fully saturated rings. The number of benzene rings is 2. The highest BCUT2D eigenvalue weighted by Gasteiger charge is 1.95. The van der Waals surface area contributed by atoms with Gasteiger partial charge in [0, 0.05) is 0 Å². The maximum atomic E-state index is 9.41. The van der Waals surface area contributed by atoms with Crippen LogP contribution in [0.25, 0.3) is 12.2 Å². The summed E-state index contributed by atoms with van der Waals surface area (Å²) in [6.07, 6.45) is 3.93. The topological polar surface area (TPSA) is 40.5 Å².